The number of halogens is 3. The molecule has 0 bridgehead atoms. The fourth-order valence-corrected chi connectivity index (χ4v) is 1.08. The second-order valence-electron chi connectivity index (χ2n) is 2.75. The Balaban J connectivity index is 3.20. The van der Waals surface area contributed by atoms with Crippen molar-refractivity contribution < 1.29 is 17.9 Å². The van der Waals surface area contributed by atoms with Gasteiger partial charge in [-0.1, -0.05) is 0 Å². The van der Waals surface area contributed by atoms with E-state index in [1.807, 2.05) is 0 Å². The van der Waals surface area contributed by atoms with E-state index < -0.39 is 23.8 Å². The second-order valence-corrected chi connectivity index (χ2v) is 2.75. The van der Waals surface area contributed by atoms with E-state index in [4.69, 9.17) is 5.73 Å². The van der Waals surface area contributed by atoms with Crippen LogP contribution in [-0.2, 0) is 5.92 Å². The fraction of sp³-hybridized carbons (Fsp3) is 0.333. The average molecular weight is 205 g/mol. The van der Waals surface area contributed by atoms with E-state index in [1.165, 1.54) is 7.11 Å². The Bertz CT molecular complexity index is 328. The molecule has 2 nitrogen and oxygen atoms in total. The first-order valence-electron chi connectivity index (χ1n) is 3.93. The third-order valence-corrected chi connectivity index (χ3v) is 1.81. The number of alkyl halides is 2. The minimum atomic E-state index is -3.20. The molecule has 1 rings (SSSR count). The molecule has 0 atom stereocenters. The van der Waals surface area contributed by atoms with E-state index in [0.29, 0.717) is 0 Å². The first-order chi connectivity index (χ1) is 6.51. The highest BCUT2D eigenvalue weighted by Gasteiger charge is 2.33. The van der Waals surface area contributed by atoms with Crippen molar-refractivity contribution in [1.29, 1.82) is 0 Å². The zero-order valence-electron chi connectivity index (χ0n) is 7.56. The Hall–Kier alpha value is -1.23. The molecule has 1 aromatic rings. The summed E-state index contributed by atoms with van der Waals surface area (Å²) in [7, 11) is 1.20. The molecule has 0 aliphatic heterocycles. The van der Waals surface area contributed by atoms with Gasteiger partial charge in [-0.15, -0.1) is 0 Å². The lowest BCUT2D eigenvalue weighted by Gasteiger charge is -2.17. The monoisotopic (exact) mass is 205 g/mol. The molecule has 0 radical (unpaired) electrons. The zero-order valence-corrected chi connectivity index (χ0v) is 7.56. The van der Waals surface area contributed by atoms with Crippen molar-refractivity contribution in [1.82, 2.24) is 0 Å². The summed E-state index contributed by atoms with van der Waals surface area (Å²) >= 11 is 0. The van der Waals surface area contributed by atoms with Crippen LogP contribution in [0.5, 0.6) is 5.75 Å². The molecule has 0 saturated heterocycles. The Kier molecular flexibility index (Phi) is 3.00. The molecule has 0 aromatic heterocycles. The molecule has 0 heterocycles. The summed E-state index contributed by atoms with van der Waals surface area (Å²) in [5.74, 6) is -4.02. The molecule has 2 N–H and O–H groups in total. The largest absolute Gasteiger partial charge is 0.496 e. The van der Waals surface area contributed by atoms with Gasteiger partial charge in [-0.25, -0.2) is 4.39 Å². The van der Waals surface area contributed by atoms with Crippen LogP contribution in [0.3, 0.4) is 0 Å². The highest BCUT2D eigenvalue weighted by Crippen LogP contribution is 2.34. The lowest BCUT2D eigenvalue weighted by Crippen LogP contribution is -2.25. The topological polar surface area (TPSA) is 35.2 Å². The molecule has 78 valence electrons. The minimum absolute atomic E-state index is 0.194. The van der Waals surface area contributed by atoms with Gasteiger partial charge in [0.25, 0.3) is 5.92 Å². The third kappa shape index (κ3) is 1.98. The van der Waals surface area contributed by atoms with Crippen molar-refractivity contribution in [3.05, 3.63) is 29.6 Å². The van der Waals surface area contributed by atoms with Crippen molar-refractivity contribution >= 4 is 0 Å². The predicted octanol–water partition coefficient (Wildman–Crippen LogP) is 1.88. The maximum absolute atomic E-state index is 13.1. The lowest BCUT2D eigenvalue weighted by molar-refractivity contribution is 0.00362. The number of rotatable bonds is 3. The van der Waals surface area contributed by atoms with Crippen molar-refractivity contribution in [3.8, 4) is 5.75 Å². The van der Waals surface area contributed by atoms with Crippen molar-refractivity contribution in [2.45, 2.75) is 5.92 Å². The molecule has 0 spiro atoms. The Morgan fingerprint density at radius 1 is 1.43 bits per heavy atom. The zero-order chi connectivity index (χ0) is 10.8. The van der Waals surface area contributed by atoms with Crippen LogP contribution in [-0.4, -0.2) is 13.7 Å². The van der Waals surface area contributed by atoms with Gasteiger partial charge in [0.05, 0.1) is 19.2 Å². The van der Waals surface area contributed by atoms with Gasteiger partial charge in [-0.3, -0.25) is 0 Å². The summed E-state index contributed by atoms with van der Waals surface area (Å²) < 4.78 is 43.6. The SMILES string of the molecule is COc1cc(F)ccc1C(F)(F)CN. The van der Waals surface area contributed by atoms with E-state index in [2.05, 4.69) is 4.74 Å². The first-order valence-corrected chi connectivity index (χ1v) is 3.93. The van der Waals surface area contributed by atoms with Crippen molar-refractivity contribution in [2.24, 2.45) is 5.73 Å². The average Bonchev–Trinajstić information content (AvgIpc) is 2.17. The van der Waals surface area contributed by atoms with Crippen molar-refractivity contribution in [3.63, 3.8) is 0 Å². The summed E-state index contributed by atoms with van der Waals surface area (Å²) in [6.07, 6.45) is 0. The van der Waals surface area contributed by atoms with Gasteiger partial charge in [0.1, 0.15) is 11.6 Å². The smallest absolute Gasteiger partial charge is 0.288 e. The standard InChI is InChI=1S/C9H10F3NO/c1-14-8-4-6(10)2-3-7(8)9(11,12)5-13/h2-4H,5,13H2,1H3. The van der Waals surface area contributed by atoms with E-state index in [9.17, 15) is 13.2 Å². The van der Waals surface area contributed by atoms with Gasteiger partial charge in [0.2, 0.25) is 0 Å². The molecule has 1 aromatic carbocycles. The number of ether oxygens (including phenoxy) is 1. The molecule has 0 aliphatic rings. The second kappa shape index (κ2) is 3.88. The fourth-order valence-electron chi connectivity index (χ4n) is 1.08. The highest BCUT2D eigenvalue weighted by atomic mass is 19.3. The summed E-state index contributed by atoms with van der Waals surface area (Å²) in [5, 5.41) is 0. The molecule has 0 aliphatic carbocycles. The van der Waals surface area contributed by atoms with E-state index in [0.717, 1.165) is 18.2 Å². The molecule has 0 amide bonds. The van der Waals surface area contributed by atoms with Crippen LogP contribution in [0, 0.1) is 5.82 Å². The Labute approximate surface area is 79.5 Å². The number of hydrogen-bond acceptors (Lipinski definition) is 2. The van der Waals surface area contributed by atoms with Crippen molar-refractivity contribution in [2.75, 3.05) is 13.7 Å². The maximum Gasteiger partial charge on any atom is 0.288 e. The van der Waals surface area contributed by atoms with E-state index in [1.54, 1.807) is 0 Å². The van der Waals surface area contributed by atoms with Crippen LogP contribution in [0.15, 0.2) is 18.2 Å². The molecule has 0 saturated carbocycles. The predicted molar refractivity (Wildman–Crippen MR) is 45.9 cm³/mol. The number of hydrogen-bond donors (Lipinski definition) is 1. The van der Waals surface area contributed by atoms with E-state index in [-0.39, 0.29) is 5.75 Å². The summed E-state index contributed by atoms with van der Waals surface area (Å²) in [6.45, 7) is -0.838. The number of nitrogens with two attached hydrogens (primary N) is 1. The van der Waals surface area contributed by atoms with Gasteiger partial charge in [0.15, 0.2) is 0 Å². The number of methoxy groups -OCH3 is 1. The molecule has 14 heavy (non-hydrogen) atoms. The van der Waals surface area contributed by atoms with Crippen LogP contribution in [0.2, 0.25) is 0 Å². The molecular weight excluding hydrogens is 195 g/mol. The summed E-state index contributed by atoms with van der Waals surface area (Å²) in [6, 6.07) is 2.82. The van der Waals surface area contributed by atoms with E-state index >= 15 is 0 Å². The maximum atomic E-state index is 13.1. The van der Waals surface area contributed by atoms with Crippen LogP contribution < -0.4 is 10.5 Å². The third-order valence-electron chi connectivity index (χ3n) is 1.81. The van der Waals surface area contributed by atoms with Crippen LogP contribution in [0.25, 0.3) is 0 Å². The Morgan fingerprint density at radius 2 is 2.07 bits per heavy atom. The van der Waals surface area contributed by atoms with Crippen LogP contribution >= 0.6 is 0 Å². The summed E-state index contributed by atoms with van der Waals surface area (Å²) in [5.41, 5.74) is 4.50. The van der Waals surface area contributed by atoms with Gasteiger partial charge < -0.3 is 10.5 Å². The normalized spacial score (nSPS) is 11.5. The highest BCUT2D eigenvalue weighted by molar-refractivity contribution is 5.37. The van der Waals surface area contributed by atoms with Crippen LogP contribution in [0.1, 0.15) is 5.56 Å². The van der Waals surface area contributed by atoms with Gasteiger partial charge in [0, 0.05) is 6.07 Å². The molecular formula is C9H10F3NO. The van der Waals surface area contributed by atoms with Crippen LogP contribution in [0.4, 0.5) is 13.2 Å². The minimum Gasteiger partial charge on any atom is -0.496 e. The van der Waals surface area contributed by atoms with Gasteiger partial charge >= 0.3 is 0 Å². The molecule has 0 fully saturated rings. The molecule has 0 unspecified atom stereocenters. The molecule has 5 heteroatoms. The quantitative estimate of drug-likeness (QED) is 0.817. The van der Waals surface area contributed by atoms with Gasteiger partial charge in [-0.05, 0) is 12.1 Å². The summed E-state index contributed by atoms with van der Waals surface area (Å²) in [4.78, 5) is 0. The van der Waals surface area contributed by atoms with Gasteiger partial charge in [-0.2, -0.15) is 8.78 Å². The Morgan fingerprint density at radius 3 is 2.57 bits per heavy atom. The lowest BCUT2D eigenvalue weighted by atomic mass is 10.1. The first kappa shape index (κ1) is 10.8. The number of benzene rings is 1.